The molecule has 2 heterocycles. The first-order valence-corrected chi connectivity index (χ1v) is 14.2. The summed E-state index contributed by atoms with van der Waals surface area (Å²) in [5.41, 5.74) is 5.97. The zero-order valence-corrected chi connectivity index (χ0v) is 23.0. The lowest BCUT2D eigenvalue weighted by Gasteiger charge is -2.41. The van der Waals surface area contributed by atoms with Crippen LogP contribution in [0.15, 0.2) is 81.9 Å². The van der Waals surface area contributed by atoms with Crippen molar-refractivity contribution in [2.24, 2.45) is 21.9 Å². The minimum absolute atomic E-state index is 0.102. The number of aryl methyl sites for hydroxylation is 1. The predicted molar refractivity (Wildman–Crippen MR) is 153 cm³/mol. The van der Waals surface area contributed by atoms with Gasteiger partial charge in [-0.15, -0.1) is 5.10 Å². The van der Waals surface area contributed by atoms with Crippen molar-refractivity contribution < 1.29 is 4.79 Å². The molecule has 0 spiro atoms. The van der Waals surface area contributed by atoms with Gasteiger partial charge >= 0.3 is 0 Å². The summed E-state index contributed by atoms with van der Waals surface area (Å²) in [7, 11) is 0. The number of amidine groups is 1. The molecule has 192 valence electrons. The zero-order chi connectivity index (χ0) is 25.9. The molecule has 0 radical (unpaired) electrons. The van der Waals surface area contributed by atoms with Gasteiger partial charge in [0.2, 0.25) is 0 Å². The van der Waals surface area contributed by atoms with Crippen LogP contribution >= 0.6 is 11.8 Å². The quantitative estimate of drug-likeness (QED) is 0.526. The van der Waals surface area contributed by atoms with Gasteiger partial charge in [-0.25, -0.2) is 5.01 Å². The van der Waals surface area contributed by atoms with E-state index in [1.807, 2.05) is 29.3 Å². The lowest BCUT2D eigenvalue weighted by Crippen LogP contribution is -2.55. The van der Waals surface area contributed by atoms with Crippen LogP contribution in [0.2, 0.25) is 0 Å². The molecule has 37 heavy (non-hydrogen) atoms. The predicted octanol–water partition coefficient (Wildman–Crippen LogP) is 5.42. The minimum atomic E-state index is -0.198. The Morgan fingerprint density at radius 3 is 2.70 bits per heavy atom. The summed E-state index contributed by atoms with van der Waals surface area (Å²) in [5.74, 6) is 1.39. The van der Waals surface area contributed by atoms with Crippen molar-refractivity contribution in [3.8, 4) is 0 Å². The number of hydrazone groups is 1. The van der Waals surface area contributed by atoms with Crippen LogP contribution in [-0.4, -0.2) is 22.2 Å². The number of thioether (sulfide) groups is 1. The molecule has 2 aliphatic heterocycles. The number of amides is 1. The smallest absolute Gasteiger partial charge is 0.276 e. The average molecular weight is 513 g/mol. The maximum Gasteiger partial charge on any atom is 0.276 e. The van der Waals surface area contributed by atoms with Gasteiger partial charge in [-0.05, 0) is 64.0 Å². The molecule has 5 nitrogen and oxygen atoms in total. The lowest BCUT2D eigenvalue weighted by molar-refractivity contribution is -0.116. The summed E-state index contributed by atoms with van der Waals surface area (Å²) in [6.07, 6.45) is 8.79. The van der Waals surface area contributed by atoms with Crippen molar-refractivity contribution >= 4 is 28.5 Å². The summed E-state index contributed by atoms with van der Waals surface area (Å²) in [4.78, 5) is 18.6. The van der Waals surface area contributed by atoms with Gasteiger partial charge in [-0.3, -0.25) is 15.1 Å². The Bertz CT molecular complexity index is 1390. The molecule has 1 amide bonds. The number of allylic oxidation sites excluding steroid dienone is 4. The Morgan fingerprint density at radius 1 is 1.16 bits per heavy atom. The van der Waals surface area contributed by atoms with Crippen LogP contribution in [-0.2, 0) is 10.5 Å². The third-order valence-electron chi connectivity index (χ3n) is 7.44. The molecule has 1 N–H and O–H groups in total. The molecule has 0 aromatic heterocycles. The minimum Gasteiger partial charge on any atom is -0.298 e. The number of para-hydroxylation sites is 1. The van der Waals surface area contributed by atoms with E-state index in [1.165, 1.54) is 22.3 Å². The van der Waals surface area contributed by atoms with Crippen molar-refractivity contribution in [1.29, 1.82) is 0 Å². The number of hydrogen-bond donors (Lipinski definition) is 1. The van der Waals surface area contributed by atoms with Gasteiger partial charge in [0, 0.05) is 16.9 Å². The molecule has 5 rings (SSSR count). The van der Waals surface area contributed by atoms with E-state index in [9.17, 15) is 4.79 Å². The highest BCUT2D eigenvalue weighted by Gasteiger charge is 2.40. The van der Waals surface area contributed by atoms with E-state index in [4.69, 9.17) is 10.1 Å². The first-order valence-electron chi connectivity index (χ1n) is 13.2. The molecule has 6 heteroatoms. The molecule has 1 aliphatic carbocycles. The van der Waals surface area contributed by atoms with E-state index in [2.05, 4.69) is 69.4 Å². The molecular formula is C31H36N4OS. The molecule has 2 aromatic rings. The normalized spacial score (nSPS) is 22.7. The first-order chi connectivity index (χ1) is 17.9. The zero-order valence-electron chi connectivity index (χ0n) is 22.2. The number of carbonyl (C=O) groups excluding carboxylic acids is 1. The highest BCUT2D eigenvalue weighted by Crippen LogP contribution is 2.38. The largest absolute Gasteiger partial charge is 0.298 e. The Balaban J connectivity index is 1.43. The third-order valence-corrected chi connectivity index (χ3v) is 8.37. The van der Waals surface area contributed by atoms with E-state index in [1.54, 1.807) is 11.8 Å². The van der Waals surface area contributed by atoms with Crippen LogP contribution in [0.5, 0.6) is 0 Å². The molecule has 0 fully saturated rings. The van der Waals surface area contributed by atoms with E-state index in [0.29, 0.717) is 16.8 Å². The Kier molecular flexibility index (Phi) is 7.65. The number of rotatable bonds is 6. The molecule has 3 atom stereocenters. The number of hydrogen-bond acceptors (Lipinski definition) is 5. The number of benzene rings is 2. The van der Waals surface area contributed by atoms with Gasteiger partial charge < -0.3 is 0 Å². The highest BCUT2D eigenvalue weighted by atomic mass is 32.2. The summed E-state index contributed by atoms with van der Waals surface area (Å²) in [6.45, 7) is 8.74. The standard InChI is InChI=1S/C31H36N4OS/c1-20(2)8-7-9-23-16-17-25(22(4)18-23)29-32-27-11-6-5-10-26(27)28-30(36)33-31(34-35(28)29)37-19-24-14-12-21(3)13-15-24/h5-6,8,10-16,22,25,29H,7,9,17-19H2,1-4H3,(H,33,34,36)/t22-,25+,29+/m1/s1. The van der Waals surface area contributed by atoms with E-state index < -0.39 is 0 Å². The number of fused-ring (bicyclic) bond motifs is 2. The molecule has 0 saturated heterocycles. The van der Waals surface area contributed by atoms with Crippen LogP contribution in [0.4, 0.5) is 0 Å². The van der Waals surface area contributed by atoms with Crippen molar-refractivity contribution in [3.63, 3.8) is 0 Å². The van der Waals surface area contributed by atoms with Crippen molar-refractivity contribution in [2.45, 2.75) is 65.3 Å². The van der Waals surface area contributed by atoms with Crippen LogP contribution in [0.3, 0.4) is 0 Å². The van der Waals surface area contributed by atoms with Crippen molar-refractivity contribution in [2.75, 3.05) is 0 Å². The summed E-state index contributed by atoms with van der Waals surface area (Å²) < 4.78 is 0. The molecular weight excluding hydrogens is 476 g/mol. The van der Waals surface area contributed by atoms with E-state index >= 15 is 0 Å². The van der Waals surface area contributed by atoms with Crippen molar-refractivity contribution in [1.82, 2.24) is 10.3 Å². The molecule has 0 saturated carbocycles. The summed E-state index contributed by atoms with van der Waals surface area (Å²) >= 11 is 1.56. The topological polar surface area (TPSA) is 57.1 Å². The monoisotopic (exact) mass is 512 g/mol. The fourth-order valence-electron chi connectivity index (χ4n) is 5.38. The van der Waals surface area contributed by atoms with Gasteiger partial charge in [0.25, 0.3) is 5.91 Å². The summed E-state index contributed by atoms with van der Waals surface area (Å²) in [5, 5.41) is 12.3. The molecule has 0 unspecified atom stereocenters. The van der Waals surface area contributed by atoms with Gasteiger partial charge in [0.15, 0.2) is 5.17 Å². The molecule has 2 aromatic carbocycles. The Labute approximate surface area is 224 Å². The summed E-state index contributed by atoms with van der Waals surface area (Å²) in [6, 6.07) is 16.4. The van der Waals surface area contributed by atoms with Crippen molar-refractivity contribution in [3.05, 3.63) is 93.5 Å². The third kappa shape index (κ3) is 5.74. The number of nitrogens with one attached hydrogen (secondary N) is 1. The average Bonchev–Trinajstić information content (AvgIpc) is 2.88. The molecule has 3 aliphatic rings. The Morgan fingerprint density at radius 2 is 1.95 bits per heavy atom. The lowest BCUT2D eigenvalue weighted by atomic mass is 9.77. The van der Waals surface area contributed by atoms with E-state index in [-0.39, 0.29) is 18.0 Å². The second-order valence-corrected chi connectivity index (χ2v) is 11.6. The maximum absolute atomic E-state index is 13.4. The van der Waals surface area contributed by atoms with E-state index in [0.717, 1.165) is 42.0 Å². The first kappa shape index (κ1) is 25.5. The van der Waals surface area contributed by atoms with Gasteiger partial charge in [-0.2, -0.15) is 0 Å². The number of carbonyl (C=O) groups is 1. The maximum atomic E-state index is 13.4. The van der Waals surface area contributed by atoms with Gasteiger partial charge in [0.1, 0.15) is 11.9 Å². The number of nitrogens with zero attached hydrogens (tertiary/aromatic N) is 3. The van der Waals surface area contributed by atoms with Crippen LogP contribution in [0, 0.1) is 18.8 Å². The van der Waals surface area contributed by atoms with Crippen LogP contribution in [0.25, 0.3) is 5.70 Å². The second-order valence-electron chi connectivity index (χ2n) is 10.7. The fourth-order valence-corrected chi connectivity index (χ4v) is 6.19. The highest BCUT2D eigenvalue weighted by molar-refractivity contribution is 8.13. The second kappa shape index (κ2) is 11.1. The molecule has 0 bridgehead atoms. The van der Waals surface area contributed by atoms with Crippen LogP contribution < -0.4 is 15.9 Å². The van der Waals surface area contributed by atoms with Gasteiger partial charge in [0.05, 0.1) is 5.36 Å². The SMILES string of the molecule is CC(C)=CCCC1=CC[C@H]([C@H]2N=c3ccccc3=C3C(=O)NC(SCc4ccc(C)cc4)=NN32)[C@H](C)C1. The Hall–Kier alpha value is -3.12. The van der Waals surface area contributed by atoms with Crippen LogP contribution in [0.1, 0.15) is 57.6 Å². The van der Waals surface area contributed by atoms with Gasteiger partial charge in [-0.1, -0.05) is 90.0 Å². The fraction of sp³-hybridized carbons (Fsp3) is 0.387.